The Morgan fingerprint density at radius 3 is 2.68 bits per heavy atom. The first-order valence-corrected chi connectivity index (χ1v) is 10.6. The molecule has 1 aromatic heterocycles. The molecule has 8 heteroatoms. The van der Waals surface area contributed by atoms with Crippen molar-refractivity contribution in [3.8, 4) is 0 Å². The van der Waals surface area contributed by atoms with Crippen molar-refractivity contribution in [3.63, 3.8) is 0 Å². The van der Waals surface area contributed by atoms with Gasteiger partial charge in [0.1, 0.15) is 11.6 Å². The Labute approximate surface area is 169 Å². The van der Waals surface area contributed by atoms with Crippen LogP contribution in [0, 0.1) is 11.6 Å². The molecular formula is C20H20F2N2O2S2. The maximum atomic E-state index is 13.5. The molecule has 0 radical (unpaired) electrons. The van der Waals surface area contributed by atoms with E-state index in [1.165, 1.54) is 35.6 Å². The van der Waals surface area contributed by atoms with E-state index >= 15 is 0 Å². The number of amides is 1. The molecule has 0 atom stereocenters. The number of rotatable bonds is 8. The van der Waals surface area contributed by atoms with Crippen molar-refractivity contribution in [2.75, 3.05) is 19.5 Å². The Morgan fingerprint density at radius 2 is 1.93 bits per heavy atom. The first-order chi connectivity index (χ1) is 13.6. The van der Waals surface area contributed by atoms with Gasteiger partial charge in [-0.2, -0.15) is 4.99 Å². The Morgan fingerprint density at radius 1 is 1.18 bits per heavy atom. The number of fused-ring (bicyclic) bond motifs is 1. The van der Waals surface area contributed by atoms with Crippen LogP contribution in [0.25, 0.3) is 10.2 Å². The van der Waals surface area contributed by atoms with Crippen LogP contribution in [0.1, 0.15) is 12.8 Å². The van der Waals surface area contributed by atoms with E-state index < -0.39 is 0 Å². The van der Waals surface area contributed by atoms with Gasteiger partial charge in [-0.1, -0.05) is 11.3 Å². The van der Waals surface area contributed by atoms with Crippen molar-refractivity contribution in [2.45, 2.75) is 24.3 Å². The fourth-order valence-electron chi connectivity index (χ4n) is 2.64. The molecule has 1 amide bonds. The van der Waals surface area contributed by atoms with E-state index in [1.807, 2.05) is 4.57 Å². The van der Waals surface area contributed by atoms with Crippen LogP contribution < -0.4 is 4.80 Å². The minimum absolute atomic E-state index is 0.210. The normalized spacial score (nSPS) is 12.0. The van der Waals surface area contributed by atoms with Crippen LogP contribution in [0.5, 0.6) is 0 Å². The second-order valence-electron chi connectivity index (χ2n) is 6.05. The van der Waals surface area contributed by atoms with Crippen LogP contribution in [-0.4, -0.2) is 29.9 Å². The summed E-state index contributed by atoms with van der Waals surface area (Å²) in [4.78, 5) is 18.1. The molecule has 0 unspecified atom stereocenters. The number of aromatic nitrogens is 1. The third-order valence-electron chi connectivity index (χ3n) is 4.00. The highest BCUT2D eigenvalue weighted by atomic mass is 32.2. The number of nitrogens with zero attached hydrogens (tertiary/aromatic N) is 2. The highest BCUT2D eigenvalue weighted by Gasteiger charge is 2.09. The number of halogens is 2. The summed E-state index contributed by atoms with van der Waals surface area (Å²) in [6.07, 6.45) is 0.989. The van der Waals surface area contributed by atoms with Crippen LogP contribution in [0.3, 0.4) is 0 Å². The summed E-state index contributed by atoms with van der Waals surface area (Å²) in [7, 11) is 1.61. The molecule has 0 saturated heterocycles. The van der Waals surface area contributed by atoms with E-state index in [0.29, 0.717) is 30.8 Å². The molecule has 0 N–H and O–H groups in total. The van der Waals surface area contributed by atoms with Gasteiger partial charge in [-0.05, 0) is 54.6 Å². The average Bonchev–Trinajstić information content (AvgIpc) is 3.00. The smallest absolute Gasteiger partial charge is 0.248 e. The second kappa shape index (κ2) is 9.95. The molecule has 3 aromatic rings. The van der Waals surface area contributed by atoms with E-state index in [1.54, 1.807) is 37.1 Å². The third kappa shape index (κ3) is 5.50. The van der Waals surface area contributed by atoms with Crippen LogP contribution in [0.15, 0.2) is 52.4 Å². The summed E-state index contributed by atoms with van der Waals surface area (Å²) in [6.45, 7) is 1.01. The van der Waals surface area contributed by atoms with Gasteiger partial charge in [0.05, 0.1) is 16.8 Å². The number of carbonyl (C=O) groups excluding carboxylic acids is 1. The Kier molecular flexibility index (Phi) is 7.36. The molecule has 0 fully saturated rings. The van der Waals surface area contributed by atoms with Crippen molar-refractivity contribution >= 4 is 39.2 Å². The predicted molar refractivity (Wildman–Crippen MR) is 109 cm³/mol. The Balaban J connectivity index is 1.66. The molecule has 0 aliphatic rings. The van der Waals surface area contributed by atoms with Gasteiger partial charge in [0.2, 0.25) is 5.91 Å². The van der Waals surface area contributed by atoms with E-state index in [2.05, 4.69) is 4.99 Å². The number of thioether (sulfide) groups is 1. The van der Waals surface area contributed by atoms with Gasteiger partial charge in [0.15, 0.2) is 4.80 Å². The first-order valence-electron chi connectivity index (χ1n) is 8.80. The topological polar surface area (TPSA) is 43.6 Å². The number of hydrogen-bond acceptors (Lipinski definition) is 4. The van der Waals surface area contributed by atoms with Gasteiger partial charge in [-0.25, -0.2) is 8.78 Å². The lowest BCUT2D eigenvalue weighted by molar-refractivity contribution is -0.118. The third-order valence-corrected chi connectivity index (χ3v) is 6.14. The van der Waals surface area contributed by atoms with E-state index in [-0.39, 0.29) is 17.5 Å². The summed E-state index contributed by atoms with van der Waals surface area (Å²) in [5.41, 5.74) is 0.835. The summed E-state index contributed by atoms with van der Waals surface area (Å²) in [5, 5.41) is 0. The van der Waals surface area contributed by atoms with Gasteiger partial charge in [-0.15, -0.1) is 11.8 Å². The van der Waals surface area contributed by atoms with Gasteiger partial charge < -0.3 is 9.30 Å². The summed E-state index contributed by atoms with van der Waals surface area (Å²) in [6, 6.07) is 10.8. The zero-order valence-corrected chi connectivity index (χ0v) is 17.0. The average molecular weight is 423 g/mol. The minimum atomic E-state index is -0.316. The molecule has 0 aliphatic heterocycles. The Bertz CT molecular complexity index is 1010. The number of benzene rings is 2. The van der Waals surface area contributed by atoms with Gasteiger partial charge in [0.25, 0.3) is 0 Å². The van der Waals surface area contributed by atoms with Crippen molar-refractivity contribution in [3.05, 3.63) is 58.9 Å². The molecule has 0 spiro atoms. The molecular weight excluding hydrogens is 402 g/mol. The number of ether oxygens (including phenoxy) is 1. The lowest BCUT2D eigenvalue weighted by Gasteiger charge is -2.04. The lowest BCUT2D eigenvalue weighted by Crippen LogP contribution is -2.19. The van der Waals surface area contributed by atoms with E-state index in [0.717, 1.165) is 20.9 Å². The highest BCUT2D eigenvalue weighted by Crippen LogP contribution is 2.20. The van der Waals surface area contributed by atoms with Crippen LogP contribution in [0.2, 0.25) is 0 Å². The molecule has 0 aliphatic carbocycles. The predicted octanol–water partition coefficient (Wildman–Crippen LogP) is 4.63. The van der Waals surface area contributed by atoms with Crippen molar-refractivity contribution < 1.29 is 18.3 Å². The number of methoxy groups -OCH3 is 1. The van der Waals surface area contributed by atoms with E-state index in [9.17, 15) is 13.6 Å². The number of thiazole rings is 1. The molecule has 0 bridgehead atoms. The molecule has 1 heterocycles. The second-order valence-corrected chi connectivity index (χ2v) is 8.23. The van der Waals surface area contributed by atoms with Crippen molar-refractivity contribution in [1.82, 2.24) is 4.57 Å². The van der Waals surface area contributed by atoms with Gasteiger partial charge >= 0.3 is 0 Å². The molecule has 28 heavy (non-hydrogen) atoms. The zero-order chi connectivity index (χ0) is 19.9. The summed E-state index contributed by atoms with van der Waals surface area (Å²) < 4.78 is 34.2. The lowest BCUT2D eigenvalue weighted by atomic mass is 10.3. The molecule has 0 saturated carbocycles. The number of hydrogen-bond donors (Lipinski definition) is 0. The quantitative estimate of drug-likeness (QED) is 0.393. The summed E-state index contributed by atoms with van der Waals surface area (Å²) in [5.74, 6) is -0.0432. The number of carbonyl (C=O) groups is 1. The van der Waals surface area contributed by atoms with Crippen LogP contribution in [0.4, 0.5) is 8.78 Å². The van der Waals surface area contributed by atoms with Crippen LogP contribution in [-0.2, 0) is 16.1 Å². The maximum Gasteiger partial charge on any atom is 0.248 e. The monoisotopic (exact) mass is 422 g/mol. The molecule has 3 rings (SSSR count). The highest BCUT2D eigenvalue weighted by molar-refractivity contribution is 7.99. The van der Waals surface area contributed by atoms with Gasteiger partial charge in [-0.3, -0.25) is 4.79 Å². The SMILES string of the molecule is COCCn1c(=NC(=O)CCCSc2ccc(F)cc2)sc2cc(F)ccc21. The standard InChI is InChI=1S/C20H20F2N2O2S2/c1-26-11-10-24-17-9-6-15(22)13-18(17)28-20(24)23-19(25)3-2-12-27-16-7-4-14(21)5-8-16/h4-9,13H,2-3,10-12H2,1H3. The Hall–Kier alpha value is -2.03. The molecule has 2 aromatic carbocycles. The van der Waals surface area contributed by atoms with Crippen LogP contribution >= 0.6 is 23.1 Å². The van der Waals surface area contributed by atoms with E-state index in [4.69, 9.17) is 4.74 Å². The molecule has 4 nitrogen and oxygen atoms in total. The fraction of sp³-hybridized carbons (Fsp3) is 0.300. The molecule has 148 valence electrons. The van der Waals surface area contributed by atoms with Crippen molar-refractivity contribution in [1.29, 1.82) is 0 Å². The zero-order valence-electron chi connectivity index (χ0n) is 15.4. The van der Waals surface area contributed by atoms with Crippen molar-refractivity contribution in [2.24, 2.45) is 4.99 Å². The van der Waals surface area contributed by atoms with Gasteiger partial charge in [0, 0.05) is 25.0 Å². The fourth-order valence-corrected chi connectivity index (χ4v) is 4.59. The first kappa shape index (κ1) is 20.7. The summed E-state index contributed by atoms with van der Waals surface area (Å²) >= 11 is 2.87. The maximum absolute atomic E-state index is 13.5. The largest absolute Gasteiger partial charge is 0.383 e. The minimum Gasteiger partial charge on any atom is -0.383 e.